The van der Waals surface area contributed by atoms with E-state index in [0.29, 0.717) is 15.8 Å². The van der Waals surface area contributed by atoms with Gasteiger partial charge in [-0.25, -0.2) is 4.98 Å². The number of carbonyl (C=O) groups is 2. The summed E-state index contributed by atoms with van der Waals surface area (Å²) in [5.74, 6) is 0.246. The molecule has 0 aromatic carbocycles. The SMILES string of the molecule is C/C=c1/nc(Sc2ccc(/C=C3\SC(=O)N(C(C)C)C3=O)o2)[nH]/c1=C/C. The van der Waals surface area contributed by atoms with Crippen molar-refractivity contribution in [3.8, 4) is 0 Å². The van der Waals surface area contributed by atoms with E-state index in [2.05, 4.69) is 9.97 Å². The number of imidazole rings is 1. The number of carbonyl (C=O) groups excluding carboxylic acids is 2. The predicted molar refractivity (Wildman–Crippen MR) is 104 cm³/mol. The van der Waals surface area contributed by atoms with Gasteiger partial charge in [-0.2, -0.15) is 0 Å². The zero-order valence-corrected chi connectivity index (χ0v) is 16.5. The van der Waals surface area contributed by atoms with Gasteiger partial charge in [0.05, 0.1) is 15.6 Å². The van der Waals surface area contributed by atoms with E-state index in [1.807, 2.05) is 45.9 Å². The molecule has 0 atom stereocenters. The van der Waals surface area contributed by atoms with Crippen LogP contribution in [0.25, 0.3) is 18.2 Å². The number of furan rings is 1. The maximum atomic E-state index is 12.3. The van der Waals surface area contributed by atoms with E-state index in [1.165, 1.54) is 16.7 Å². The van der Waals surface area contributed by atoms with E-state index in [9.17, 15) is 9.59 Å². The van der Waals surface area contributed by atoms with Gasteiger partial charge in [-0.3, -0.25) is 14.5 Å². The molecule has 1 N–H and O–H groups in total. The third-order valence-corrected chi connectivity index (χ3v) is 5.41. The number of imide groups is 1. The Balaban J connectivity index is 1.80. The van der Waals surface area contributed by atoms with Gasteiger partial charge in [0.1, 0.15) is 5.76 Å². The first-order chi connectivity index (χ1) is 12.4. The number of hydrogen-bond acceptors (Lipinski definition) is 6. The fourth-order valence-corrected chi connectivity index (χ4v) is 4.19. The van der Waals surface area contributed by atoms with E-state index in [-0.39, 0.29) is 17.2 Å². The second kappa shape index (κ2) is 7.59. The zero-order valence-electron chi connectivity index (χ0n) is 14.9. The van der Waals surface area contributed by atoms with Crippen LogP contribution < -0.4 is 10.7 Å². The zero-order chi connectivity index (χ0) is 18.8. The number of aromatic amines is 1. The van der Waals surface area contributed by atoms with E-state index in [1.54, 1.807) is 12.1 Å². The van der Waals surface area contributed by atoms with Crippen LogP contribution in [0.2, 0.25) is 0 Å². The smallest absolute Gasteiger partial charge is 0.293 e. The van der Waals surface area contributed by atoms with Gasteiger partial charge in [-0.15, -0.1) is 0 Å². The largest absolute Gasteiger partial charge is 0.450 e. The minimum Gasteiger partial charge on any atom is -0.450 e. The number of aromatic nitrogens is 2. The summed E-state index contributed by atoms with van der Waals surface area (Å²) in [5, 5.41) is 2.98. The molecule has 1 saturated heterocycles. The standard InChI is InChI=1S/C18H19N3O3S2/c1-5-12-13(6-2)20-17(19-12)26-15-8-7-11(24-15)9-14-16(22)21(10(3)4)18(23)25-14/h5-10H,1-4H3,(H,19,20)/b12-5+,13-6+,14-9-. The highest BCUT2D eigenvalue weighted by molar-refractivity contribution is 8.18. The Kier molecular flexibility index (Phi) is 5.43. The lowest BCUT2D eigenvalue weighted by Gasteiger charge is -2.16. The van der Waals surface area contributed by atoms with Gasteiger partial charge in [0.15, 0.2) is 10.2 Å². The van der Waals surface area contributed by atoms with Crippen LogP contribution in [0.5, 0.6) is 0 Å². The first kappa shape index (κ1) is 18.6. The van der Waals surface area contributed by atoms with Crippen molar-refractivity contribution < 1.29 is 14.0 Å². The molecule has 0 spiro atoms. The molecule has 26 heavy (non-hydrogen) atoms. The molecule has 3 heterocycles. The van der Waals surface area contributed by atoms with Gasteiger partial charge >= 0.3 is 0 Å². The highest BCUT2D eigenvalue weighted by atomic mass is 32.2. The van der Waals surface area contributed by atoms with Crippen molar-refractivity contribution in [2.75, 3.05) is 0 Å². The molecule has 2 amide bonds. The maximum Gasteiger partial charge on any atom is 0.293 e. The van der Waals surface area contributed by atoms with Crippen LogP contribution in [0.4, 0.5) is 4.79 Å². The third-order valence-electron chi connectivity index (χ3n) is 3.71. The highest BCUT2D eigenvalue weighted by Gasteiger charge is 2.36. The Hall–Kier alpha value is -2.19. The lowest BCUT2D eigenvalue weighted by atomic mass is 10.3. The number of nitrogens with zero attached hydrogens (tertiary/aromatic N) is 2. The van der Waals surface area contributed by atoms with E-state index in [4.69, 9.17) is 4.42 Å². The number of rotatable bonds is 4. The molecule has 1 fully saturated rings. The molecule has 2 aromatic heterocycles. The van der Waals surface area contributed by atoms with Crippen LogP contribution in [0.15, 0.2) is 31.7 Å². The van der Waals surface area contributed by atoms with Crippen LogP contribution in [0.3, 0.4) is 0 Å². The Morgan fingerprint density at radius 3 is 2.62 bits per heavy atom. The van der Waals surface area contributed by atoms with Gasteiger partial charge in [-0.05, 0) is 63.4 Å². The van der Waals surface area contributed by atoms with Crippen LogP contribution in [0.1, 0.15) is 33.5 Å². The normalized spacial score (nSPS) is 18.2. The molecular weight excluding hydrogens is 370 g/mol. The monoisotopic (exact) mass is 389 g/mol. The second-order valence-corrected chi connectivity index (χ2v) is 7.81. The highest BCUT2D eigenvalue weighted by Crippen LogP contribution is 2.34. The molecule has 0 bridgehead atoms. The summed E-state index contributed by atoms with van der Waals surface area (Å²) < 4.78 is 5.76. The molecule has 1 aliphatic rings. The molecule has 0 radical (unpaired) electrons. The number of thioether (sulfide) groups is 1. The molecular formula is C18H19N3O3S2. The summed E-state index contributed by atoms with van der Waals surface area (Å²) in [7, 11) is 0. The summed E-state index contributed by atoms with van der Waals surface area (Å²) in [6, 6.07) is 3.43. The molecule has 0 saturated carbocycles. The van der Waals surface area contributed by atoms with Crippen molar-refractivity contribution in [2.24, 2.45) is 0 Å². The Morgan fingerprint density at radius 1 is 1.27 bits per heavy atom. The van der Waals surface area contributed by atoms with Crippen LogP contribution in [-0.2, 0) is 4.79 Å². The second-order valence-electron chi connectivity index (χ2n) is 5.82. The first-order valence-electron chi connectivity index (χ1n) is 8.16. The van der Waals surface area contributed by atoms with Gasteiger partial charge in [0.25, 0.3) is 11.1 Å². The minimum absolute atomic E-state index is 0.163. The van der Waals surface area contributed by atoms with Gasteiger partial charge in [0, 0.05) is 12.1 Å². The van der Waals surface area contributed by atoms with Crippen molar-refractivity contribution in [2.45, 2.75) is 44.0 Å². The molecule has 0 unspecified atom stereocenters. The Bertz CT molecular complexity index is 970. The average molecular weight is 390 g/mol. The van der Waals surface area contributed by atoms with Crippen molar-refractivity contribution >= 4 is 52.9 Å². The van der Waals surface area contributed by atoms with Crippen molar-refractivity contribution in [1.82, 2.24) is 14.9 Å². The molecule has 136 valence electrons. The lowest BCUT2D eigenvalue weighted by Crippen LogP contribution is -2.34. The summed E-state index contributed by atoms with van der Waals surface area (Å²) >= 11 is 2.30. The molecule has 0 aliphatic carbocycles. The molecule has 6 nitrogen and oxygen atoms in total. The number of hydrogen-bond donors (Lipinski definition) is 1. The van der Waals surface area contributed by atoms with Crippen LogP contribution in [-0.4, -0.2) is 32.1 Å². The first-order valence-corrected chi connectivity index (χ1v) is 9.79. The van der Waals surface area contributed by atoms with Crippen molar-refractivity contribution in [1.29, 1.82) is 0 Å². The molecule has 1 aliphatic heterocycles. The van der Waals surface area contributed by atoms with E-state index >= 15 is 0 Å². The molecule has 2 aromatic rings. The molecule has 3 rings (SSSR count). The number of nitrogens with one attached hydrogen (secondary N) is 1. The number of H-pyrrole nitrogens is 1. The van der Waals surface area contributed by atoms with Crippen LogP contribution in [0, 0.1) is 0 Å². The fourth-order valence-electron chi connectivity index (χ4n) is 2.48. The summed E-state index contributed by atoms with van der Waals surface area (Å²) in [5.41, 5.74) is 0. The molecule has 8 heteroatoms. The third kappa shape index (κ3) is 3.66. The maximum absolute atomic E-state index is 12.3. The topological polar surface area (TPSA) is 79.2 Å². The Morgan fingerprint density at radius 2 is 2.04 bits per heavy atom. The van der Waals surface area contributed by atoms with E-state index < -0.39 is 0 Å². The van der Waals surface area contributed by atoms with Crippen molar-refractivity contribution in [3.63, 3.8) is 0 Å². The fraction of sp³-hybridized carbons (Fsp3) is 0.278. The summed E-state index contributed by atoms with van der Waals surface area (Å²) in [6.07, 6.45) is 5.51. The Labute approximate surface area is 159 Å². The van der Waals surface area contributed by atoms with Gasteiger partial charge in [0.2, 0.25) is 0 Å². The summed E-state index contributed by atoms with van der Waals surface area (Å²) in [4.78, 5) is 33.6. The van der Waals surface area contributed by atoms with Gasteiger partial charge in [-0.1, -0.05) is 12.2 Å². The summed E-state index contributed by atoms with van der Waals surface area (Å²) in [6.45, 7) is 7.51. The van der Waals surface area contributed by atoms with E-state index in [0.717, 1.165) is 27.6 Å². The quantitative estimate of drug-likeness (QED) is 0.809. The predicted octanol–water partition coefficient (Wildman–Crippen LogP) is 3.20. The minimum atomic E-state index is -0.280. The van der Waals surface area contributed by atoms with Crippen LogP contribution >= 0.6 is 23.5 Å². The lowest BCUT2D eigenvalue weighted by molar-refractivity contribution is -0.123. The number of amides is 2. The van der Waals surface area contributed by atoms with Crippen molar-refractivity contribution in [3.05, 3.63) is 33.5 Å². The average Bonchev–Trinajstić information content (AvgIpc) is 3.26. The van der Waals surface area contributed by atoms with Gasteiger partial charge < -0.3 is 9.40 Å².